The highest BCUT2D eigenvalue weighted by Gasteiger charge is 2.21. The molecule has 7 heteroatoms. The topological polar surface area (TPSA) is 60.0 Å². The summed E-state index contributed by atoms with van der Waals surface area (Å²) in [5.41, 5.74) is 2.32. The SMILES string of the molecule is CCNC(=O)c1cccc(CNC(=NC)N2CCN(c3ccccc3F)CC2)c1. The third kappa shape index (κ3) is 5.25. The molecule has 0 aliphatic carbocycles. The molecule has 6 nitrogen and oxygen atoms in total. The van der Waals surface area contributed by atoms with Gasteiger partial charge in [-0.2, -0.15) is 0 Å². The molecule has 3 rings (SSSR count). The van der Waals surface area contributed by atoms with Crippen molar-refractivity contribution in [1.82, 2.24) is 15.5 Å². The van der Waals surface area contributed by atoms with Gasteiger partial charge in [0.2, 0.25) is 0 Å². The van der Waals surface area contributed by atoms with E-state index in [4.69, 9.17) is 0 Å². The summed E-state index contributed by atoms with van der Waals surface area (Å²) in [6.45, 7) is 6.06. The van der Waals surface area contributed by atoms with Crippen LogP contribution in [0.5, 0.6) is 0 Å². The maximum atomic E-state index is 14.0. The summed E-state index contributed by atoms with van der Waals surface area (Å²) in [6.07, 6.45) is 0. The lowest BCUT2D eigenvalue weighted by molar-refractivity contribution is 0.0955. The van der Waals surface area contributed by atoms with E-state index in [-0.39, 0.29) is 11.7 Å². The summed E-state index contributed by atoms with van der Waals surface area (Å²) in [5.74, 6) is 0.556. The lowest BCUT2D eigenvalue weighted by Gasteiger charge is -2.37. The molecule has 1 aliphatic heterocycles. The number of carbonyl (C=O) groups excluding carboxylic acids is 1. The highest BCUT2D eigenvalue weighted by atomic mass is 19.1. The van der Waals surface area contributed by atoms with E-state index in [9.17, 15) is 9.18 Å². The van der Waals surface area contributed by atoms with Crippen molar-refractivity contribution < 1.29 is 9.18 Å². The fourth-order valence-electron chi connectivity index (χ4n) is 3.47. The van der Waals surface area contributed by atoms with E-state index < -0.39 is 0 Å². The van der Waals surface area contributed by atoms with Crippen LogP contribution in [0.1, 0.15) is 22.8 Å². The van der Waals surface area contributed by atoms with Crippen LogP contribution >= 0.6 is 0 Å². The molecular weight excluding hydrogens is 369 g/mol. The molecule has 0 radical (unpaired) electrons. The molecule has 1 heterocycles. The monoisotopic (exact) mass is 397 g/mol. The molecule has 0 unspecified atom stereocenters. The van der Waals surface area contributed by atoms with Gasteiger partial charge in [0.05, 0.1) is 5.69 Å². The number of halogens is 1. The molecule has 1 saturated heterocycles. The quantitative estimate of drug-likeness (QED) is 0.601. The lowest BCUT2D eigenvalue weighted by Crippen LogP contribution is -2.52. The summed E-state index contributed by atoms with van der Waals surface area (Å²) in [7, 11) is 1.76. The Hall–Kier alpha value is -3.09. The van der Waals surface area contributed by atoms with Gasteiger partial charge in [0.1, 0.15) is 5.82 Å². The van der Waals surface area contributed by atoms with Crippen molar-refractivity contribution in [2.24, 2.45) is 4.99 Å². The maximum absolute atomic E-state index is 14.0. The third-order valence-corrected chi connectivity index (χ3v) is 4.96. The van der Waals surface area contributed by atoms with Crippen molar-refractivity contribution in [3.8, 4) is 0 Å². The number of hydrogen-bond acceptors (Lipinski definition) is 3. The Bertz CT molecular complexity index is 862. The van der Waals surface area contributed by atoms with Crippen LogP contribution in [0.2, 0.25) is 0 Å². The highest BCUT2D eigenvalue weighted by Crippen LogP contribution is 2.20. The number of benzene rings is 2. The Morgan fingerprint density at radius 3 is 2.52 bits per heavy atom. The highest BCUT2D eigenvalue weighted by molar-refractivity contribution is 5.94. The van der Waals surface area contributed by atoms with E-state index in [1.807, 2.05) is 43.3 Å². The first-order valence-electron chi connectivity index (χ1n) is 9.94. The van der Waals surface area contributed by atoms with Crippen molar-refractivity contribution in [3.05, 3.63) is 65.5 Å². The van der Waals surface area contributed by atoms with Crippen LogP contribution in [0.3, 0.4) is 0 Å². The van der Waals surface area contributed by atoms with Crippen molar-refractivity contribution in [3.63, 3.8) is 0 Å². The molecule has 29 heavy (non-hydrogen) atoms. The Morgan fingerprint density at radius 2 is 1.83 bits per heavy atom. The molecule has 1 fully saturated rings. The average Bonchev–Trinajstić information content (AvgIpc) is 2.75. The Labute approximate surface area is 171 Å². The van der Waals surface area contributed by atoms with E-state index in [1.165, 1.54) is 6.07 Å². The molecule has 2 N–H and O–H groups in total. The Kier molecular flexibility index (Phi) is 7.05. The number of piperazine rings is 1. The average molecular weight is 397 g/mol. The van der Waals surface area contributed by atoms with Crippen LogP contribution in [-0.2, 0) is 6.54 Å². The number of para-hydroxylation sites is 1. The number of nitrogens with one attached hydrogen (secondary N) is 2. The lowest BCUT2D eigenvalue weighted by atomic mass is 10.1. The molecule has 2 aromatic carbocycles. The van der Waals surface area contributed by atoms with E-state index in [0.717, 1.165) is 37.7 Å². The van der Waals surface area contributed by atoms with Crippen molar-refractivity contribution in [2.75, 3.05) is 44.7 Å². The molecule has 2 aromatic rings. The minimum atomic E-state index is -0.185. The number of nitrogens with zero attached hydrogens (tertiary/aromatic N) is 3. The first-order chi connectivity index (χ1) is 14.1. The van der Waals surface area contributed by atoms with Gasteiger partial charge in [0.25, 0.3) is 5.91 Å². The van der Waals surface area contributed by atoms with Crippen LogP contribution in [-0.4, -0.2) is 56.5 Å². The number of aliphatic imine (C=N–C) groups is 1. The summed E-state index contributed by atoms with van der Waals surface area (Å²) in [6, 6.07) is 14.5. The number of hydrogen-bond donors (Lipinski definition) is 2. The van der Waals surface area contributed by atoms with Crippen molar-refractivity contribution in [2.45, 2.75) is 13.5 Å². The number of rotatable bonds is 5. The number of amides is 1. The van der Waals surface area contributed by atoms with Gasteiger partial charge in [-0.1, -0.05) is 24.3 Å². The number of carbonyl (C=O) groups is 1. The van der Waals surface area contributed by atoms with Gasteiger partial charge < -0.3 is 20.4 Å². The predicted molar refractivity (Wildman–Crippen MR) is 115 cm³/mol. The minimum Gasteiger partial charge on any atom is -0.366 e. The number of guanidine groups is 1. The third-order valence-electron chi connectivity index (χ3n) is 4.96. The summed E-state index contributed by atoms with van der Waals surface area (Å²) in [5, 5.41) is 6.19. The normalized spacial score (nSPS) is 14.7. The second kappa shape index (κ2) is 9.91. The second-order valence-electron chi connectivity index (χ2n) is 6.89. The van der Waals surface area contributed by atoms with Gasteiger partial charge in [-0.05, 0) is 36.8 Å². The molecule has 0 saturated carbocycles. The van der Waals surface area contributed by atoms with Crippen LogP contribution in [0.25, 0.3) is 0 Å². The summed E-state index contributed by atoms with van der Waals surface area (Å²) >= 11 is 0. The van der Waals surface area contributed by atoms with Gasteiger partial charge in [0, 0.05) is 51.9 Å². The maximum Gasteiger partial charge on any atom is 0.251 e. The fraction of sp³-hybridized carbons (Fsp3) is 0.364. The first-order valence-corrected chi connectivity index (χ1v) is 9.94. The Balaban J connectivity index is 1.56. The van der Waals surface area contributed by atoms with Crippen molar-refractivity contribution in [1.29, 1.82) is 0 Å². The zero-order valence-corrected chi connectivity index (χ0v) is 17.0. The van der Waals surface area contributed by atoms with E-state index >= 15 is 0 Å². The molecule has 154 valence electrons. The van der Waals surface area contributed by atoms with Crippen LogP contribution < -0.4 is 15.5 Å². The predicted octanol–water partition coefficient (Wildman–Crippen LogP) is 2.47. The zero-order valence-electron chi connectivity index (χ0n) is 17.0. The molecule has 0 bridgehead atoms. The second-order valence-corrected chi connectivity index (χ2v) is 6.89. The standard InChI is InChI=1S/C22H28FN5O/c1-3-25-21(29)18-8-6-7-17(15-18)16-26-22(24-2)28-13-11-27(12-14-28)20-10-5-4-9-19(20)23/h4-10,15H,3,11-14,16H2,1-2H3,(H,24,26)(H,25,29). The van der Waals surface area contributed by atoms with E-state index in [0.29, 0.717) is 24.3 Å². The Morgan fingerprint density at radius 1 is 1.07 bits per heavy atom. The van der Waals surface area contributed by atoms with Crippen molar-refractivity contribution >= 4 is 17.6 Å². The molecule has 0 aromatic heterocycles. The summed E-state index contributed by atoms with van der Waals surface area (Å²) < 4.78 is 14.0. The van der Waals surface area contributed by atoms with Crippen LogP contribution in [0.4, 0.5) is 10.1 Å². The molecule has 1 aliphatic rings. The van der Waals surface area contributed by atoms with Gasteiger partial charge >= 0.3 is 0 Å². The van der Waals surface area contributed by atoms with Gasteiger partial charge in [-0.15, -0.1) is 0 Å². The first kappa shape index (κ1) is 20.6. The molecule has 0 atom stereocenters. The molecular formula is C22H28FN5O. The summed E-state index contributed by atoms with van der Waals surface area (Å²) in [4.78, 5) is 20.6. The van der Waals surface area contributed by atoms with E-state index in [2.05, 4.69) is 25.4 Å². The van der Waals surface area contributed by atoms with Crippen LogP contribution in [0.15, 0.2) is 53.5 Å². The van der Waals surface area contributed by atoms with Gasteiger partial charge in [-0.25, -0.2) is 4.39 Å². The smallest absolute Gasteiger partial charge is 0.251 e. The van der Waals surface area contributed by atoms with E-state index in [1.54, 1.807) is 13.1 Å². The number of anilines is 1. The molecule has 1 amide bonds. The largest absolute Gasteiger partial charge is 0.366 e. The van der Waals surface area contributed by atoms with Gasteiger partial charge in [0.15, 0.2) is 5.96 Å². The minimum absolute atomic E-state index is 0.0667. The zero-order chi connectivity index (χ0) is 20.6. The van der Waals surface area contributed by atoms with Crippen LogP contribution in [0, 0.1) is 5.82 Å². The fourth-order valence-corrected chi connectivity index (χ4v) is 3.47. The molecule has 0 spiro atoms. The van der Waals surface area contributed by atoms with Gasteiger partial charge in [-0.3, -0.25) is 9.79 Å².